The van der Waals surface area contributed by atoms with Crippen LogP contribution in [0.1, 0.15) is 41.9 Å². The van der Waals surface area contributed by atoms with E-state index in [1.165, 1.54) is 12.4 Å². The van der Waals surface area contributed by atoms with Gasteiger partial charge in [-0.05, 0) is 67.5 Å². The molecule has 2 aliphatic carbocycles. The molecule has 0 atom stereocenters. The molecule has 2 saturated carbocycles. The molecule has 2 heterocycles. The van der Waals surface area contributed by atoms with Crippen LogP contribution in [-0.4, -0.2) is 37.8 Å². The molecule has 0 spiro atoms. The summed E-state index contributed by atoms with van der Waals surface area (Å²) < 4.78 is 15.0. The number of thiazole rings is 1. The second-order valence-corrected chi connectivity index (χ2v) is 10.5. The Morgan fingerprint density at radius 2 is 2.00 bits per heavy atom. The van der Waals surface area contributed by atoms with Crippen LogP contribution in [0, 0.1) is 12.7 Å². The number of aryl methyl sites for hydroxylation is 1. The Bertz CT molecular complexity index is 1410. The molecule has 0 unspecified atom stereocenters. The maximum Gasteiger partial charge on any atom is 0.229 e. The first kappa shape index (κ1) is 22.1. The molecule has 2 aromatic carbocycles. The number of halogens is 1. The summed E-state index contributed by atoms with van der Waals surface area (Å²) in [5, 5.41) is 7.01. The van der Waals surface area contributed by atoms with Gasteiger partial charge in [-0.3, -0.25) is 4.79 Å². The van der Waals surface area contributed by atoms with Gasteiger partial charge in [0, 0.05) is 29.4 Å². The third kappa shape index (κ3) is 4.89. The van der Waals surface area contributed by atoms with Crippen LogP contribution in [0.3, 0.4) is 0 Å². The highest BCUT2D eigenvalue weighted by atomic mass is 32.1. The van der Waals surface area contributed by atoms with Crippen molar-refractivity contribution < 1.29 is 9.18 Å². The second-order valence-electron chi connectivity index (χ2n) is 9.48. The first-order chi connectivity index (χ1) is 17.0. The van der Waals surface area contributed by atoms with Crippen LogP contribution in [-0.2, 0) is 17.8 Å². The molecule has 178 valence electrons. The molecule has 1 amide bonds. The predicted molar refractivity (Wildman–Crippen MR) is 136 cm³/mol. The van der Waals surface area contributed by atoms with Gasteiger partial charge in [-0.15, -0.1) is 11.3 Å². The molecule has 2 aliphatic rings. The number of nitrogens with zero attached hydrogens (tertiary/aromatic N) is 4. The van der Waals surface area contributed by atoms with Crippen LogP contribution < -0.4 is 5.32 Å². The lowest BCUT2D eigenvalue weighted by molar-refractivity contribution is -0.131. The molecule has 2 aromatic heterocycles. The molecule has 0 aliphatic heterocycles. The van der Waals surface area contributed by atoms with Crippen LogP contribution in [0.25, 0.3) is 22.0 Å². The van der Waals surface area contributed by atoms with Gasteiger partial charge < -0.3 is 10.2 Å². The van der Waals surface area contributed by atoms with Gasteiger partial charge in [-0.1, -0.05) is 18.2 Å². The maximum absolute atomic E-state index is 15.0. The quantitative estimate of drug-likeness (QED) is 0.355. The van der Waals surface area contributed by atoms with Gasteiger partial charge in [-0.2, -0.15) is 0 Å². The van der Waals surface area contributed by atoms with Crippen LogP contribution in [0.4, 0.5) is 10.2 Å². The summed E-state index contributed by atoms with van der Waals surface area (Å²) in [6.07, 6.45) is 6.02. The first-order valence-corrected chi connectivity index (χ1v) is 12.9. The second kappa shape index (κ2) is 9.00. The Balaban J connectivity index is 1.27. The zero-order chi connectivity index (χ0) is 23.9. The number of benzene rings is 2. The molecule has 2 fully saturated rings. The first-order valence-electron chi connectivity index (χ1n) is 12.0. The van der Waals surface area contributed by atoms with Gasteiger partial charge in [0.1, 0.15) is 23.5 Å². The van der Waals surface area contributed by atoms with Crippen molar-refractivity contribution in [1.29, 1.82) is 0 Å². The Morgan fingerprint density at radius 1 is 1.14 bits per heavy atom. The Labute approximate surface area is 207 Å². The summed E-state index contributed by atoms with van der Waals surface area (Å²) in [6.45, 7) is 2.49. The van der Waals surface area contributed by atoms with Crippen molar-refractivity contribution in [2.45, 2.75) is 57.7 Å². The Kier molecular flexibility index (Phi) is 5.68. The highest BCUT2D eigenvalue weighted by molar-refractivity contribution is 7.09. The van der Waals surface area contributed by atoms with Crippen LogP contribution in [0.2, 0.25) is 0 Å². The third-order valence-electron chi connectivity index (χ3n) is 6.53. The monoisotopic (exact) mass is 487 g/mol. The summed E-state index contributed by atoms with van der Waals surface area (Å²) in [5.41, 5.74) is 3.86. The zero-order valence-electron chi connectivity index (χ0n) is 19.5. The van der Waals surface area contributed by atoms with Gasteiger partial charge in [0.15, 0.2) is 0 Å². The molecule has 6 rings (SSSR count). The number of amides is 1. The van der Waals surface area contributed by atoms with Crippen molar-refractivity contribution in [1.82, 2.24) is 19.9 Å². The fraction of sp³-hybridized carbons (Fsp3) is 0.333. The smallest absolute Gasteiger partial charge is 0.229 e. The minimum absolute atomic E-state index is 0.105. The lowest BCUT2D eigenvalue weighted by Crippen LogP contribution is -2.33. The zero-order valence-corrected chi connectivity index (χ0v) is 20.3. The number of fused-ring (bicyclic) bond motifs is 1. The minimum atomic E-state index is -0.363. The van der Waals surface area contributed by atoms with Gasteiger partial charge in [0.05, 0.1) is 17.1 Å². The van der Waals surface area contributed by atoms with Crippen molar-refractivity contribution in [3.8, 4) is 11.1 Å². The number of carbonyl (C=O) groups excluding carboxylic acids is 1. The molecule has 8 heteroatoms. The molecule has 0 bridgehead atoms. The molecule has 6 nitrogen and oxygen atoms in total. The fourth-order valence-electron chi connectivity index (χ4n) is 4.43. The SMILES string of the molecule is Cc1nc(CC(=O)N(Cc2cccc(-c3cc(F)c4ncnc(NC5CC5)c4c3)c2)C2CC2)cs1. The van der Waals surface area contributed by atoms with E-state index in [1.807, 2.05) is 47.5 Å². The van der Waals surface area contributed by atoms with E-state index in [9.17, 15) is 4.79 Å². The van der Waals surface area contributed by atoms with Crippen molar-refractivity contribution in [3.05, 3.63) is 70.2 Å². The van der Waals surface area contributed by atoms with Crippen LogP contribution >= 0.6 is 11.3 Å². The summed E-state index contributed by atoms with van der Waals surface area (Å²) in [7, 11) is 0. The molecule has 0 radical (unpaired) electrons. The van der Waals surface area contributed by atoms with E-state index in [1.54, 1.807) is 11.3 Å². The summed E-state index contributed by atoms with van der Waals surface area (Å²) >= 11 is 1.57. The number of rotatable bonds is 8. The number of hydrogen-bond donors (Lipinski definition) is 1. The minimum Gasteiger partial charge on any atom is -0.367 e. The predicted octanol–water partition coefficient (Wildman–Crippen LogP) is 5.51. The molecule has 0 saturated heterocycles. The summed E-state index contributed by atoms with van der Waals surface area (Å²) in [4.78, 5) is 28.1. The standard InChI is InChI=1S/C27H26FN5OS/c1-16-31-21(14-35-16)12-25(34)33(22-7-8-22)13-17-3-2-4-18(9-17)19-10-23-26(24(28)11-19)29-15-30-27(23)32-20-5-6-20/h2-4,9-11,14-15,20,22H,5-8,12-13H2,1H3,(H,29,30,32). The van der Waals surface area contributed by atoms with E-state index < -0.39 is 0 Å². The number of carbonyl (C=O) groups is 1. The summed E-state index contributed by atoms with van der Waals surface area (Å²) in [6, 6.07) is 12.2. The molecule has 35 heavy (non-hydrogen) atoms. The van der Waals surface area contributed by atoms with E-state index in [4.69, 9.17) is 0 Å². The van der Waals surface area contributed by atoms with Crippen molar-refractivity contribution in [3.63, 3.8) is 0 Å². The molecular weight excluding hydrogens is 461 g/mol. The van der Waals surface area contributed by atoms with E-state index in [0.29, 0.717) is 35.7 Å². The number of aromatic nitrogens is 3. The van der Waals surface area contributed by atoms with Gasteiger partial charge >= 0.3 is 0 Å². The summed E-state index contributed by atoms with van der Waals surface area (Å²) in [5.74, 6) is 0.419. The average molecular weight is 488 g/mol. The van der Waals surface area contributed by atoms with Crippen LogP contribution in [0.5, 0.6) is 0 Å². The van der Waals surface area contributed by atoms with E-state index in [0.717, 1.165) is 53.1 Å². The number of nitrogens with one attached hydrogen (secondary N) is 1. The fourth-order valence-corrected chi connectivity index (χ4v) is 5.04. The van der Waals surface area contributed by atoms with Gasteiger partial charge in [0.2, 0.25) is 5.91 Å². The average Bonchev–Trinajstić information content (AvgIpc) is 3.78. The lowest BCUT2D eigenvalue weighted by Gasteiger charge is -2.22. The molecule has 1 N–H and O–H groups in total. The van der Waals surface area contributed by atoms with Gasteiger partial charge in [-0.25, -0.2) is 19.3 Å². The van der Waals surface area contributed by atoms with E-state index in [2.05, 4.69) is 20.3 Å². The van der Waals surface area contributed by atoms with E-state index in [-0.39, 0.29) is 17.8 Å². The van der Waals surface area contributed by atoms with Gasteiger partial charge in [0.25, 0.3) is 0 Å². The van der Waals surface area contributed by atoms with E-state index >= 15 is 4.39 Å². The van der Waals surface area contributed by atoms with Crippen LogP contribution in [0.15, 0.2) is 48.1 Å². The third-order valence-corrected chi connectivity index (χ3v) is 7.35. The topological polar surface area (TPSA) is 71.0 Å². The largest absolute Gasteiger partial charge is 0.367 e. The lowest BCUT2D eigenvalue weighted by atomic mass is 10.0. The van der Waals surface area contributed by atoms with Crippen molar-refractivity contribution in [2.75, 3.05) is 5.32 Å². The maximum atomic E-state index is 15.0. The van der Waals surface area contributed by atoms with Crippen molar-refractivity contribution >= 4 is 34.0 Å². The number of hydrogen-bond acceptors (Lipinski definition) is 6. The highest BCUT2D eigenvalue weighted by Crippen LogP contribution is 2.33. The Hall–Kier alpha value is -3.39. The van der Waals surface area contributed by atoms with Crippen molar-refractivity contribution in [2.24, 2.45) is 0 Å². The molecule has 4 aromatic rings. The highest BCUT2D eigenvalue weighted by Gasteiger charge is 2.32. The Morgan fingerprint density at radius 3 is 2.74 bits per heavy atom. The number of anilines is 1. The normalized spacial score (nSPS) is 15.4. The molecular formula is C27H26FN5OS.